The normalized spacial score (nSPS) is 16.4. The fourth-order valence-electron chi connectivity index (χ4n) is 2.54. The van der Waals surface area contributed by atoms with Crippen LogP contribution in [0.5, 0.6) is 0 Å². The van der Waals surface area contributed by atoms with Gasteiger partial charge in [0.25, 0.3) is 11.8 Å². The van der Waals surface area contributed by atoms with Crippen molar-refractivity contribution in [2.24, 2.45) is 0 Å². The highest BCUT2D eigenvalue weighted by Gasteiger charge is 2.17. The summed E-state index contributed by atoms with van der Waals surface area (Å²) in [6.07, 6.45) is 4.88. The zero-order valence-electron chi connectivity index (χ0n) is 13.5. The molecule has 1 aliphatic heterocycles. The third-order valence-corrected chi connectivity index (χ3v) is 4.13. The van der Waals surface area contributed by atoms with Gasteiger partial charge >= 0.3 is 0 Å². The molecule has 0 aliphatic carbocycles. The molecule has 1 aliphatic rings. The van der Waals surface area contributed by atoms with E-state index in [1.807, 2.05) is 0 Å². The molecule has 0 saturated carbocycles. The van der Waals surface area contributed by atoms with Crippen molar-refractivity contribution in [3.63, 3.8) is 0 Å². The van der Waals surface area contributed by atoms with Crippen LogP contribution in [0.1, 0.15) is 33.6 Å². The first-order valence-electron chi connectivity index (χ1n) is 8.03. The zero-order valence-corrected chi connectivity index (χ0v) is 14.3. The number of rotatable bonds is 5. The number of benzene rings is 1. The summed E-state index contributed by atoms with van der Waals surface area (Å²) in [6.45, 7) is 1.20. The molecule has 0 spiro atoms. The molecule has 130 valence electrons. The van der Waals surface area contributed by atoms with Gasteiger partial charge in [0.1, 0.15) is 0 Å². The van der Waals surface area contributed by atoms with Crippen molar-refractivity contribution in [3.8, 4) is 0 Å². The van der Waals surface area contributed by atoms with Crippen molar-refractivity contribution in [1.29, 1.82) is 0 Å². The summed E-state index contributed by atoms with van der Waals surface area (Å²) in [5, 5.41) is 6.14. The maximum Gasteiger partial charge on any atom is 0.257 e. The van der Waals surface area contributed by atoms with Crippen LogP contribution in [0, 0.1) is 0 Å². The first kappa shape index (κ1) is 17.4. The lowest BCUT2D eigenvalue weighted by Gasteiger charge is -2.11. The number of nitrogens with zero attached hydrogens (tertiary/aromatic N) is 1. The minimum atomic E-state index is -0.344. The number of nitrogens with one attached hydrogen (secondary N) is 2. The van der Waals surface area contributed by atoms with E-state index >= 15 is 0 Å². The maximum atomic E-state index is 12.3. The fraction of sp³-hybridized carbons (Fsp3) is 0.278. The fourth-order valence-corrected chi connectivity index (χ4v) is 2.66. The van der Waals surface area contributed by atoms with Crippen LogP contribution in [0.4, 0.5) is 5.69 Å². The van der Waals surface area contributed by atoms with Crippen molar-refractivity contribution >= 4 is 29.1 Å². The molecule has 3 rings (SSSR count). The summed E-state index contributed by atoms with van der Waals surface area (Å²) in [5.41, 5.74) is 1.25. The monoisotopic (exact) mass is 359 g/mol. The Morgan fingerprint density at radius 1 is 1.16 bits per heavy atom. The first-order chi connectivity index (χ1) is 12.1. The van der Waals surface area contributed by atoms with E-state index in [4.69, 9.17) is 16.3 Å². The number of hydrogen-bond acceptors (Lipinski definition) is 4. The van der Waals surface area contributed by atoms with Gasteiger partial charge in [-0.3, -0.25) is 14.6 Å². The van der Waals surface area contributed by atoms with Gasteiger partial charge in [0.15, 0.2) is 0 Å². The third kappa shape index (κ3) is 4.78. The third-order valence-electron chi connectivity index (χ3n) is 3.88. The minimum absolute atomic E-state index is 0.0632. The molecule has 0 radical (unpaired) electrons. The van der Waals surface area contributed by atoms with Gasteiger partial charge in [0.05, 0.1) is 17.2 Å². The predicted octanol–water partition coefficient (Wildman–Crippen LogP) is 2.90. The standard InChI is InChI=1S/C18H18ClN3O3/c19-14-3-5-15(6-4-14)22-18(24)13-8-12(9-20-10-13)17(23)21-11-16-2-1-7-25-16/h3-6,8-10,16H,1-2,7,11H2,(H,21,23)(H,22,24). The summed E-state index contributed by atoms with van der Waals surface area (Å²) >= 11 is 5.82. The van der Waals surface area contributed by atoms with Crippen LogP contribution in [0.3, 0.4) is 0 Å². The highest BCUT2D eigenvalue weighted by Crippen LogP contribution is 2.15. The van der Waals surface area contributed by atoms with Gasteiger partial charge in [0, 0.05) is 36.3 Å². The number of amides is 2. The van der Waals surface area contributed by atoms with Crippen LogP contribution in [0.15, 0.2) is 42.7 Å². The quantitative estimate of drug-likeness (QED) is 0.860. The minimum Gasteiger partial charge on any atom is -0.376 e. The second-order valence-corrected chi connectivity index (χ2v) is 6.20. The lowest BCUT2D eigenvalue weighted by Crippen LogP contribution is -2.32. The number of pyridine rings is 1. The number of carbonyl (C=O) groups is 2. The number of halogens is 1. The number of aromatic nitrogens is 1. The Bertz CT molecular complexity index is 758. The van der Waals surface area contributed by atoms with Gasteiger partial charge in [-0.05, 0) is 43.2 Å². The summed E-state index contributed by atoms with van der Waals surface area (Å²) in [5.74, 6) is -0.618. The molecule has 1 aromatic carbocycles. The first-order valence-corrected chi connectivity index (χ1v) is 8.41. The van der Waals surface area contributed by atoms with Crippen LogP contribution in [0.25, 0.3) is 0 Å². The van der Waals surface area contributed by atoms with Gasteiger partial charge in [0.2, 0.25) is 0 Å². The number of anilines is 1. The highest BCUT2D eigenvalue weighted by molar-refractivity contribution is 6.30. The van der Waals surface area contributed by atoms with Crippen LogP contribution in [-0.2, 0) is 4.74 Å². The molecular formula is C18H18ClN3O3. The molecule has 2 heterocycles. The molecule has 2 amide bonds. The van der Waals surface area contributed by atoms with E-state index in [1.165, 1.54) is 18.5 Å². The van der Waals surface area contributed by atoms with Gasteiger partial charge in [-0.2, -0.15) is 0 Å². The SMILES string of the molecule is O=C(NCC1CCCO1)c1cncc(C(=O)Nc2ccc(Cl)cc2)c1. The molecule has 1 fully saturated rings. The predicted molar refractivity (Wildman–Crippen MR) is 94.9 cm³/mol. The Kier molecular flexibility index (Phi) is 5.63. The summed E-state index contributed by atoms with van der Waals surface area (Å²) in [6, 6.07) is 8.29. The smallest absolute Gasteiger partial charge is 0.257 e. The van der Waals surface area contributed by atoms with Crippen LogP contribution >= 0.6 is 11.6 Å². The molecular weight excluding hydrogens is 342 g/mol. The molecule has 6 nitrogen and oxygen atoms in total. The van der Waals surface area contributed by atoms with Crippen molar-refractivity contribution in [3.05, 3.63) is 58.9 Å². The average Bonchev–Trinajstić information content (AvgIpc) is 3.15. The summed E-state index contributed by atoms with van der Waals surface area (Å²) in [4.78, 5) is 28.5. The average molecular weight is 360 g/mol. The van der Waals surface area contributed by atoms with Crippen molar-refractivity contribution in [2.75, 3.05) is 18.5 Å². The van der Waals surface area contributed by atoms with Crippen molar-refractivity contribution in [2.45, 2.75) is 18.9 Å². The van der Waals surface area contributed by atoms with Crippen LogP contribution in [0.2, 0.25) is 5.02 Å². The lowest BCUT2D eigenvalue weighted by atomic mass is 10.1. The van der Waals surface area contributed by atoms with Crippen molar-refractivity contribution in [1.82, 2.24) is 10.3 Å². The number of hydrogen-bond donors (Lipinski definition) is 2. The van der Waals surface area contributed by atoms with E-state index in [1.54, 1.807) is 24.3 Å². The maximum absolute atomic E-state index is 12.3. The Labute approximate surface area is 150 Å². The van der Waals surface area contributed by atoms with Crippen molar-refractivity contribution < 1.29 is 14.3 Å². The van der Waals surface area contributed by atoms with Crippen LogP contribution < -0.4 is 10.6 Å². The largest absolute Gasteiger partial charge is 0.376 e. The summed E-state index contributed by atoms with van der Waals surface area (Å²) < 4.78 is 5.47. The Morgan fingerprint density at radius 2 is 1.88 bits per heavy atom. The molecule has 2 aromatic rings. The van der Waals surface area contributed by atoms with Crippen LogP contribution in [-0.4, -0.2) is 36.1 Å². The van der Waals surface area contributed by atoms with Gasteiger partial charge in [-0.25, -0.2) is 0 Å². The van der Waals surface area contributed by atoms with E-state index in [0.29, 0.717) is 28.4 Å². The number of ether oxygens (including phenoxy) is 1. The number of carbonyl (C=O) groups excluding carboxylic acids is 2. The van der Waals surface area contributed by atoms with E-state index in [9.17, 15) is 9.59 Å². The zero-order chi connectivity index (χ0) is 17.6. The molecule has 1 saturated heterocycles. The van der Waals surface area contributed by atoms with Gasteiger partial charge in [-0.15, -0.1) is 0 Å². The Morgan fingerprint density at radius 3 is 2.56 bits per heavy atom. The lowest BCUT2D eigenvalue weighted by molar-refractivity contribution is 0.0857. The molecule has 7 heteroatoms. The van der Waals surface area contributed by atoms with E-state index in [2.05, 4.69) is 15.6 Å². The molecule has 1 aromatic heterocycles. The Balaban J connectivity index is 1.62. The van der Waals surface area contributed by atoms with Gasteiger partial charge < -0.3 is 15.4 Å². The van der Waals surface area contributed by atoms with Gasteiger partial charge in [-0.1, -0.05) is 11.6 Å². The topological polar surface area (TPSA) is 80.3 Å². The van der Waals surface area contributed by atoms with E-state index in [0.717, 1.165) is 19.4 Å². The van der Waals surface area contributed by atoms with E-state index in [-0.39, 0.29) is 17.9 Å². The molecule has 0 bridgehead atoms. The molecule has 1 atom stereocenters. The Hall–Kier alpha value is -2.44. The molecule has 1 unspecified atom stereocenters. The second-order valence-electron chi connectivity index (χ2n) is 5.77. The summed E-state index contributed by atoms with van der Waals surface area (Å²) in [7, 11) is 0. The second kappa shape index (κ2) is 8.09. The molecule has 2 N–H and O–H groups in total. The highest BCUT2D eigenvalue weighted by atomic mass is 35.5. The van der Waals surface area contributed by atoms with E-state index < -0.39 is 0 Å². The molecule has 25 heavy (non-hydrogen) atoms.